The van der Waals surface area contributed by atoms with Gasteiger partial charge in [0.05, 0.1) is 0 Å². The van der Waals surface area contributed by atoms with E-state index in [1.54, 1.807) is 0 Å². The molecule has 0 aliphatic heterocycles. The predicted molar refractivity (Wildman–Crippen MR) is 71.6 cm³/mol. The summed E-state index contributed by atoms with van der Waals surface area (Å²) in [5.41, 5.74) is 0. The van der Waals surface area contributed by atoms with E-state index in [9.17, 15) is 0 Å². The molecule has 1 rings (SSSR count). The third-order valence-electron chi connectivity index (χ3n) is 3.82. The second-order valence-electron chi connectivity index (χ2n) is 4.99. The molecule has 0 amide bonds. The molecular formula is C13H27NS. The highest BCUT2D eigenvalue weighted by molar-refractivity contribution is 7.98. The van der Waals surface area contributed by atoms with Crippen molar-refractivity contribution in [1.82, 2.24) is 5.32 Å². The number of hydrogen-bond donors (Lipinski definition) is 1. The lowest BCUT2D eigenvalue weighted by Gasteiger charge is -2.30. The van der Waals surface area contributed by atoms with Gasteiger partial charge in [0, 0.05) is 11.8 Å². The number of rotatable bonds is 6. The SMILES string of the molecule is CCC(CSC)NCC1CCCCC1C. The molecule has 3 atom stereocenters. The van der Waals surface area contributed by atoms with E-state index in [0.717, 1.165) is 17.9 Å². The van der Waals surface area contributed by atoms with Gasteiger partial charge in [-0.15, -0.1) is 0 Å². The first-order valence-corrected chi connectivity index (χ1v) is 7.89. The van der Waals surface area contributed by atoms with Crippen molar-refractivity contribution in [3.05, 3.63) is 0 Å². The van der Waals surface area contributed by atoms with Crippen LogP contribution in [0.1, 0.15) is 46.0 Å². The Morgan fingerprint density at radius 2 is 2.07 bits per heavy atom. The van der Waals surface area contributed by atoms with Gasteiger partial charge >= 0.3 is 0 Å². The smallest absolute Gasteiger partial charge is 0.0155 e. The van der Waals surface area contributed by atoms with E-state index in [0.29, 0.717) is 0 Å². The van der Waals surface area contributed by atoms with E-state index in [1.165, 1.54) is 44.4 Å². The van der Waals surface area contributed by atoms with Gasteiger partial charge in [0.2, 0.25) is 0 Å². The van der Waals surface area contributed by atoms with Crippen LogP contribution in [-0.2, 0) is 0 Å². The van der Waals surface area contributed by atoms with Crippen LogP contribution >= 0.6 is 11.8 Å². The summed E-state index contributed by atoms with van der Waals surface area (Å²) in [5, 5.41) is 3.75. The van der Waals surface area contributed by atoms with Crippen LogP contribution in [0, 0.1) is 11.8 Å². The van der Waals surface area contributed by atoms with Crippen LogP contribution in [0.5, 0.6) is 0 Å². The van der Waals surface area contributed by atoms with Crippen LogP contribution in [0.25, 0.3) is 0 Å². The summed E-state index contributed by atoms with van der Waals surface area (Å²) in [5.74, 6) is 3.14. The van der Waals surface area contributed by atoms with Gasteiger partial charge in [0.15, 0.2) is 0 Å². The average Bonchev–Trinajstić information content (AvgIpc) is 2.26. The van der Waals surface area contributed by atoms with Crippen LogP contribution in [0.15, 0.2) is 0 Å². The summed E-state index contributed by atoms with van der Waals surface area (Å²) in [6, 6.07) is 0.731. The topological polar surface area (TPSA) is 12.0 Å². The van der Waals surface area contributed by atoms with E-state index in [1.807, 2.05) is 11.8 Å². The van der Waals surface area contributed by atoms with Crippen molar-refractivity contribution in [2.75, 3.05) is 18.6 Å². The summed E-state index contributed by atoms with van der Waals surface area (Å²) in [6.45, 7) is 5.97. The Kier molecular flexibility index (Phi) is 6.74. The Labute approximate surface area is 99.8 Å². The molecule has 3 unspecified atom stereocenters. The van der Waals surface area contributed by atoms with E-state index in [-0.39, 0.29) is 0 Å². The monoisotopic (exact) mass is 229 g/mol. The average molecular weight is 229 g/mol. The number of hydrogen-bond acceptors (Lipinski definition) is 2. The highest BCUT2D eigenvalue weighted by Gasteiger charge is 2.21. The van der Waals surface area contributed by atoms with Gasteiger partial charge in [-0.25, -0.2) is 0 Å². The van der Waals surface area contributed by atoms with Crippen molar-refractivity contribution in [1.29, 1.82) is 0 Å². The number of thioether (sulfide) groups is 1. The minimum Gasteiger partial charge on any atom is -0.313 e. The van der Waals surface area contributed by atoms with Gasteiger partial charge in [-0.3, -0.25) is 0 Å². The lowest BCUT2D eigenvalue weighted by molar-refractivity contribution is 0.242. The van der Waals surface area contributed by atoms with Crippen LogP contribution < -0.4 is 5.32 Å². The van der Waals surface area contributed by atoms with Crippen molar-refractivity contribution in [3.63, 3.8) is 0 Å². The van der Waals surface area contributed by atoms with E-state index in [2.05, 4.69) is 25.4 Å². The minimum atomic E-state index is 0.731. The molecule has 1 nitrogen and oxygen atoms in total. The molecule has 0 aromatic heterocycles. The maximum Gasteiger partial charge on any atom is 0.0155 e. The zero-order valence-corrected chi connectivity index (χ0v) is 11.4. The van der Waals surface area contributed by atoms with E-state index in [4.69, 9.17) is 0 Å². The Balaban J connectivity index is 2.21. The fourth-order valence-electron chi connectivity index (χ4n) is 2.54. The first kappa shape index (κ1) is 13.4. The zero-order valence-electron chi connectivity index (χ0n) is 10.6. The summed E-state index contributed by atoms with van der Waals surface area (Å²) < 4.78 is 0. The van der Waals surface area contributed by atoms with Gasteiger partial charge < -0.3 is 5.32 Å². The lowest BCUT2D eigenvalue weighted by Crippen LogP contribution is -2.37. The minimum absolute atomic E-state index is 0.731. The zero-order chi connectivity index (χ0) is 11.1. The van der Waals surface area contributed by atoms with Crippen molar-refractivity contribution >= 4 is 11.8 Å². The quantitative estimate of drug-likeness (QED) is 0.747. The second kappa shape index (κ2) is 7.56. The van der Waals surface area contributed by atoms with Crippen LogP contribution in [0.4, 0.5) is 0 Å². The molecule has 2 heteroatoms. The molecule has 0 radical (unpaired) electrons. The molecule has 90 valence electrons. The molecule has 0 spiro atoms. The molecular weight excluding hydrogens is 202 g/mol. The molecule has 0 aromatic rings. The first-order valence-electron chi connectivity index (χ1n) is 6.50. The normalized spacial score (nSPS) is 29.0. The van der Waals surface area contributed by atoms with E-state index >= 15 is 0 Å². The summed E-state index contributed by atoms with van der Waals surface area (Å²) in [7, 11) is 0. The second-order valence-corrected chi connectivity index (χ2v) is 5.90. The standard InChI is InChI=1S/C13H27NS/c1-4-13(10-15-3)14-9-12-8-6-5-7-11(12)2/h11-14H,4-10H2,1-3H3. The molecule has 1 aliphatic carbocycles. The highest BCUT2D eigenvalue weighted by Crippen LogP contribution is 2.28. The molecule has 1 aliphatic rings. The Morgan fingerprint density at radius 1 is 1.33 bits per heavy atom. The molecule has 0 heterocycles. The van der Waals surface area contributed by atoms with Gasteiger partial charge in [-0.1, -0.05) is 33.1 Å². The number of nitrogens with one attached hydrogen (secondary N) is 1. The summed E-state index contributed by atoms with van der Waals surface area (Å²) in [6.07, 6.45) is 9.28. The van der Waals surface area contributed by atoms with Crippen LogP contribution in [-0.4, -0.2) is 24.6 Å². The summed E-state index contributed by atoms with van der Waals surface area (Å²) in [4.78, 5) is 0. The highest BCUT2D eigenvalue weighted by atomic mass is 32.2. The largest absolute Gasteiger partial charge is 0.313 e. The molecule has 1 fully saturated rings. The molecule has 0 bridgehead atoms. The fourth-order valence-corrected chi connectivity index (χ4v) is 3.29. The van der Waals surface area contributed by atoms with Crippen LogP contribution in [0.3, 0.4) is 0 Å². The van der Waals surface area contributed by atoms with Crippen LogP contribution in [0.2, 0.25) is 0 Å². The maximum absolute atomic E-state index is 3.75. The third kappa shape index (κ3) is 4.78. The van der Waals surface area contributed by atoms with Crippen molar-refractivity contribution in [3.8, 4) is 0 Å². The van der Waals surface area contributed by atoms with Gasteiger partial charge in [0.1, 0.15) is 0 Å². The van der Waals surface area contributed by atoms with E-state index < -0.39 is 0 Å². The molecule has 0 aromatic carbocycles. The molecule has 0 saturated heterocycles. The third-order valence-corrected chi connectivity index (χ3v) is 4.55. The van der Waals surface area contributed by atoms with Gasteiger partial charge in [-0.2, -0.15) is 11.8 Å². The molecule has 1 saturated carbocycles. The van der Waals surface area contributed by atoms with Crippen molar-refractivity contribution < 1.29 is 0 Å². The Bertz CT molecular complexity index is 161. The van der Waals surface area contributed by atoms with Crippen molar-refractivity contribution in [2.45, 2.75) is 52.0 Å². The predicted octanol–water partition coefficient (Wildman–Crippen LogP) is 3.54. The lowest BCUT2D eigenvalue weighted by atomic mass is 9.80. The Hall–Kier alpha value is 0.310. The van der Waals surface area contributed by atoms with Gasteiger partial charge in [0.25, 0.3) is 0 Å². The fraction of sp³-hybridized carbons (Fsp3) is 1.00. The summed E-state index contributed by atoms with van der Waals surface area (Å²) >= 11 is 1.96. The Morgan fingerprint density at radius 3 is 2.67 bits per heavy atom. The maximum atomic E-state index is 3.75. The molecule has 1 N–H and O–H groups in total. The first-order chi connectivity index (χ1) is 7.27. The van der Waals surface area contributed by atoms with Gasteiger partial charge in [-0.05, 0) is 37.5 Å². The molecule has 15 heavy (non-hydrogen) atoms. The van der Waals surface area contributed by atoms with Crippen molar-refractivity contribution in [2.24, 2.45) is 11.8 Å².